The van der Waals surface area contributed by atoms with Gasteiger partial charge < -0.3 is 10.2 Å². The van der Waals surface area contributed by atoms with Gasteiger partial charge in [0.2, 0.25) is 5.91 Å². The molecule has 0 saturated heterocycles. The number of aryl methyl sites for hydroxylation is 1. The Bertz CT molecular complexity index is 952. The van der Waals surface area contributed by atoms with Crippen LogP contribution in [0.5, 0.6) is 0 Å². The Hall–Kier alpha value is -2.73. The lowest BCUT2D eigenvalue weighted by atomic mass is 10.1. The Morgan fingerprint density at radius 1 is 1.23 bits per heavy atom. The number of nitrogens with one attached hydrogen (secondary N) is 1. The van der Waals surface area contributed by atoms with Gasteiger partial charge in [0.25, 0.3) is 0 Å². The molecule has 3 heterocycles. The molecule has 26 heavy (non-hydrogen) atoms. The Labute approximate surface area is 156 Å². The molecule has 5 nitrogen and oxygen atoms in total. The van der Waals surface area contributed by atoms with Gasteiger partial charge in [-0.1, -0.05) is 24.3 Å². The average Bonchev–Trinajstić information content (AvgIpc) is 3.17. The molecule has 132 valence electrons. The van der Waals surface area contributed by atoms with Crippen molar-refractivity contribution in [2.45, 2.75) is 32.7 Å². The summed E-state index contributed by atoms with van der Waals surface area (Å²) in [4.78, 5) is 23.7. The third-order valence-electron chi connectivity index (χ3n) is 4.48. The fraction of sp³-hybridized carbons (Fsp3) is 0.250. The highest BCUT2D eigenvalue weighted by molar-refractivity contribution is 7.13. The summed E-state index contributed by atoms with van der Waals surface area (Å²) in [7, 11) is 0. The molecule has 0 radical (unpaired) electrons. The molecule has 1 aromatic carbocycles. The summed E-state index contributed by atoms with van der Waals surface area (Å²) >= 11 is 1.49. The Morgan fingerprint density at radius 2 is 2.08 bits per heavy atom. The largest absolute Gasteiger partial charge is 0.316 e. The molecule has 0 spiro atoms. The van der Waals surface area contributed by atoms with Crippen LogP contribution in [0.4, 0.5) is 16.6 Å². The zero-order valence-corrected chi connectivity index (χ0v) is 15.6. The van der Waals surface area contributed by atoms with E-state index in [-0.39, 0.29) is 11.9 Å². The molecule has 1 unspecified atom stereocenters. The lowest BCUT2D eigenvalue weighted by Crippen LogP contribution is -2.36. The van der Waals surface area contributed by atoms with E-state index in [0.717, 1.165) is 34.4 Å². The summed E-state index contributed by atoms with van der Waals surface area (Å²) in [5, 5.41) is 5.89. The predicted octanol–water partition coefficient (Wildman–Crippen LogP) is 4.11. The van der Waals surface area contributed by atoms with E-state index in [9.17, 15) is 4.79 Å². The third-order valence-corrected chi connectivity index (χ3v) is 5.29. The first-order chi connectivity index (χ1) is 12.6. The van der Waals surface area contributed by atoms with Gasteiger partial charge >= 0.3 is 0 Å². The van der Waals surface area contributed by atoms with E-state index in [0.29, 0.717) is 6.42 Å². The molecule has 2 aromatic heterocycles. The van der Waals surface area contributed by atoms with Crippen LogP contribution in [0, 0.1) is 6.92 Å². The summed E-state index contributed by atoms with van der Waals surface area (Å²) in [5.74, 6) is 0.854. The summed E-state index contributed by atoms with van der Waals surface area (Å²) in [6, 6.07) is 14.1. The molecule has 0 saturated carbocycles. The number of carbonyl (C=O) groups is 1. The first kappa shape index (κ1) is 16.7. The molecule has 3 aromatic rings. The number of benzene rings is 1. The molecular weight excluding hydrogens is 344 g/mol. The van der Waals surface area contributed by atoms with E-state index in [1.54, 1.807) is 0 Å². The van der Waals surface area contributed by atoms with Crippen LogP contribution in [0.15, 0.2) is 47.8 Å². The second kappa shape index (κ2) is 6.88. The lowest BCUT2D eigenvalue weighted by molar-refractivity contribution is -0.118. The number of nitrogens with zero attached hydrogens (tertiary/aromatic N) is 3. The molecule has 0 aliphatic carbocycles. The number of amides is 1. The summed E-state index contributed by atoms with van der Waals surface area (Å²) in [6.45, 7) is 4.04. The topological polar surface area (TPSA) is 58.1 Å². The van der Waals surface area contributed by atoms with Gasteiger partial charge in [0.1, 0.15) is 5.82 Å². The van der Waals surface area contributed by atoms with Gasteiger partial charge in [-0.05, 0) is 44.0 Å². The van der Waals surface area contributed by atoms with Crippen molar-refractivity contribution in [2.75, 3.05) is 10.2 Å². The number of fused-ring (bicyclic) bond motifs is 1. The average molecular weight is 364 g/mol. The van der Waals surface area contributed by atoms with Crippen LogP contribution in [0.3, 0.4) is 0 Å². The maximum absolute atomic E-state index is 12.9. The van der Waals surface area contributed by atoms with Crippen molar-refractivity contribution in [1.29, 1.82) is 0 Å². The number of hydrogen-bond donors (Lipinski definition) is 1. The Morgan fingerprint density at radius 3 is 2.92 bits per heavy atom. The zero-order valence-electron chi connectivity index (χ0n) is 14.8. The van der Waals surface area contributed by atoms with E-state index >= 15 is 0 Å². The fourth-order valence-corrected chi connectivity index (χ4v) is 4.07. The minimum atomic E-state index is 0.0907. The van der Waals surface area contributed by atoms with Gasteiger partial charge in [0.05, 0.1) is 12.1 Å². The van der Waals surface area contributed by atoms with E-state index in [1.807, 2.05) is 53.6 Å². The first-order valence-corrected chi connectivity index (χ1v) is 9.53. The van der Waals surface area contributed by atoms with Crippen molar-refractivity contribution in [2.24, 2.45) is 0 Å². The van der Waals surface area contributed by atoms with Gasteiger partial charge in [0, 0.05) is 22.8 Å². The van der Waals surface area contributed by atoms with Crippen LogP contribution >= 0.6 is 11.3 Å². The van der Waals surface area contributed by atoms with Crippen molar-refractivity contribution in [3.8, 4) is 0 Å². The highest BCUT2D eigenvalue weighted by Crippen LogP contribution is 2.32. The second-order valence-corrected chi connectivity index (χ2v) is 7.41. The van der Waals surface area contributed by atoms with Crippen molar-refractivity contribution in [1.82, 2.24) is 9.97 Å². The first-order valence-electron chi connectivity index (χ1n) is 8.65. The van der Waals surface area contributed by atoms with Crippen molar-refractivity contribution >= 4 is 33.9 Å². The molecule has 4 rings (SSSR count). The number of pyridine rings is 1. The van der Waals surface area contributed by atoms with Crippen LogP contribution in [0.1, 0.15) is 23.9 Å². The number of anilines is 3. The summed E-state index contributed by atoms with van der Waals surface area (Å²) < 4.78 is 0. The van der Waals surface area contributed by atoms with Gasteiger partial charge in [-0.25, -0.2) is 9.97 Å². The van der Waals surface area contributed by atoms with Crippen molar-refractivity contribution in [3.63, 3.8) is 0 Å². The lowest BCUT2D eigenvalue weighted by Gasteiger charge is -2.22. The molecular formula is C20H20N4OS. The highest BCUT2D eigenvalue weighted by atomic mass is 32.1. The normalized spacial score (nSPS) is 15.8. The number of rotatable bonds is 4. The number of para-hydroxylation sites is 1. The second-order valence-electron chi connectivity index (χ2n) is 6.56. The minimum absolute atomic E-state index is 0.0907. The molecule has 1 amide bonds. The molecule has 0 fully saturated rings. The number of carbonyl (C=O) groups excluding carboxylic acids is 1. The third kappa shape index (κ3) is 3.32. The van der Waals surface area contributed by atoms with Crippen molar-refractivity contribution in [3.05, 3.63) is 64.8 Å². The maximum Gasteiger partial charge on any atom is 0.233 e. The molecule has 1 aliphatic rings. The molecule has 0 bridgehead atoms. The van der Waals surface area contributed by atoms with E-state index in [1.165, 1.54) is 16.9 Å². The number of hydrogen-bond acceptors (Lipinski definition) is 5. The Kier molecular flexibility index (Phi) is 4.42. The van der Waals surface area contributed by atoms with Gasteiger partial charge in [-0.15, -0.1) is 11.3 Å². The SMILES string of the molecule is Cc1cccc(Nc2nc(CC(=O)N3c4ccccc4CC3C)cs2)n1. The predicted molar refractivity (Wildman–Crippen MR) is 105 cm³/mol. The van der Waals surface area contributed by atoms with E-state index in [4.69, 9.17) is 0 Å². The van der Waals surface area contributed by atoms with Gasteiger partial charge in [-0.2, -0.15) is 0 Å². The number of thiazole rings is 1. The number of aromatic nitrogens is 2. The van der Waals surface area contributed by atoms with Crippen LogP contribution in [0.2, 0.25) is 0 Å². The zero-order chi connectivity index (χ0) is 18.1. The van der Waals surface area contributed by atoms with Crippen LogP contribution in [-0.4, -0.2) is 21.9 Å². The summed E-state index contributed by atoms with van der Waals surface area (Å²) in [6.07, 6.45) is 1.21. The maximum atomic E-state index is 12.9. The fourth-order valence-electron chi connectivity index (χ4n) is 3.35. The van der Waals surface area contributed by atoms with Gasteiger partial charge in [-0.3, -0.25) is 4.79 Å². The molecule has 6 heteroatoms. The van der Waals surface area contributed by atoms with Crippen molar-refractivity contribution < 1.29 is 4.79 Å². The minimum Gasteiger partial charge on any atom is -0.316 e. The van der Waals surface area contributed by atoms with Crippen LogP contribution in [-0.2, 0) is 17.6 Å². The monoisotopic (exact) mass is 364 g/mol. The molecule has 1 aliphatic heterocycles. The standard InChI is InChI=1S/C20H20N4OS/c1-13-6-5-9-18(21-13)23-20-22-16(12-26-20)11-19(25)24-14(2)10-15-7-3-4-8-17(15)24/h3-9,12,14H,10-11H2,1-2H3,(H,21,22,23). The van der Waals surface area contributed by atoms with E-state index < -0.39 is 0 Å². The Balaban J connectivity index is 1.47. The van der Waals surface area contributed by atoms with Crippen LogP contribution < -0.4 is 10.2 Å². The quantitative estimate of drug-likeness (QED) is 0.757. The smallest absolute Gasteiger partial charge is 0.233 e. The highest BCUT2D eigenvalue weighted by Gasteiger charge is 2.30. The van der Waals surface area contributed by atoms with E-state index in [2.05, 4.69) is 28.3 Å². The van der Waals surface area contributed by atoms with Gasteiger partial charge in [0.15, 0.2) is 5.13 Å². The van der Waals surface area contributed by atoms with Crippen LogP contribution in [0.25, 0.3) is 0 Å². The summed E-state index contributed by atoms with van der Waals surface area (Å²) in [5.41, 5.74) is 4.00. The molecule has 1 N–H and O–H groups in total. The molecule has 1 atom stereocenters.